The zero-order chi connectivity index (χ0) is 36.0. The molecule has 3 aromatic rings. The van der Waals surface area contributed by atoms with Gasteiger partial charge in [0.1, 0.15) is 24.1 Å². The monoisotopic (exact) mass is 741 g/mol. The maximum absolute atomic E-state index is 13.4. The fourth-order valence-corrected chi connectivity index (χ4v) is 7.69. The van der Waals surface area contributed by atoms with Crippen molar-refractivity contribution in [3.05, 3.63) is 77.1 Å². The Morgan fingerprint density at radius 3 is 2.53 bits per heavy atom. The summed E-state index contributed by atoms with van der Waals surface area (Å²) in [5.74, 6) is 0.854. The summed E-state index contributed by atoms with van der Waals surface area (Å²) in [4.78, 5) is 20.4. The molecule has 0 bridgehead atoms. The van der Waals surface area contributed by atoms with Crippen LogP contribution >= 0.6 is 23.4 Å². The first kappa shape index (κ1) is 38.0. The zero-order valence-electron chi connectivity index (χ0n) is 28.6. The molecule has 1 amide bonds. The van der Waals surface area contributed by atoms with Crippen molar-refractivity contribution in [1.82, 2.24) is 15.2 Å². The van der Waals surface area contributed by atoms with Gasteiger partial charge in [-0.15, -0.1) is 11.8 Å². The molecule has 51 heavy (non-hydrogen) atoms. The summed E-state index contributed by atoms with van der Waals surface area (Å²) in [6.45, 7) is 1.03. The van der Waals surface area contributed by atoms with Crippen molar-refractivity contribution in [1.29, 1.82) is 0 Å². The molecule has 4 unspecified atom stereocenters. The molecule has 0 radical (unpaired) electrons. The Morgan fingerprint density at radius 1 is 1.04 bits per heavy atom. The van der Waals surface area contributed by atoms with Gasteiger partial charge in [0.05, 0.1) is 12.7 Å². The van der Waals surface area contributed by atoms with Crippen LogP contribution in [0, 0.1) is 0 Å². The average Bonchev–Trinajstić information content (AvgIpc) is 4.12. The van der Waals surface area contributed by atoms with Crippen molar-refractivity contribution < 1.29 is 39.8 Å². The van der Waals surface area contributed by atoms with Crippen molar-refractivity contribution in [3.63, 3.8) is 0 Å². The van der Waals surface area contributed by atoms with Crippen LogP contribution in [0.15, 0.2) is 65.8 Å². The van der Waals surface area contributed by atoms with Crippen LogP contribution in [0.3, 0.4) is 0 Å². The molecule has 1 saturated heterocycles. The zero-order valence-corrected chi connectivity index (χ0v) is 30.1. The Balaban J connectivity index is 1.07. The number of pyridine rings is 1. The number of nitrogens with one attached hydrogen (secondary N) is 1. The lowest BCUT2D eigenvalue weighted by Gasteiger charge is -2.37. The Hall–Kier alpha value is -2.78. The first-order valence-corrected chi connectivity index (χ1v) is 19.2. The number of amides is 1. The molecule has 3 aliphatic rings. The molecule has 2 saturated carbocycles. The molecule has 2 heterocycles. The van der Waals surface area contributed by atoms with Gasteiger partial charge in [-0.2, -0.15) is 0 Å². The van der Waals surface area contributed by atoms with E-state index in [1.807, 2.05) is 42.7 Å². The molecule has 6 rings (SSSR count). The summed E-state index contributed by atoms with van der Waals surface area (Å²) < 4.78 is 11.7. The van der Waals surface area contributed by atoms with Crippen LogP contribution in [0.4, 0.5) is 0 Å². The number of ether oxygens (including phenoxy) is 2. The summed E-state index contributed by atoms with van der Waals surface area (Å²) in [6.07, 6.45) is 2.55. The molecule has 2 aliphatic carbocycles. The second kappa shape index (κ2) is 17.4. The lowest BCUT2D eigenvalue weighted by Crippen LogP contribution is -2.55. The molecule has 13 heteroatoms. The quantitative estimate of drug-likeness (QED) is 0.0833. The number of halogens is 1. The number of carbonyl (C=O) groups excluding carboxylic acids is 1. The first-order valence-electron chi connectivity index (χ1n) is 17.8. The van der Waals surface area contributed by atoms with Gasteiger partial charge in [0.25, 0.3) is 5.91 Å². The third-order valence-electron chi connectivity index (χ3n) is 9.95. The largest absolute Gasteiger partial charge is 0.490 e. The molecule has 11 nitrogen and oxygen atoms in total. The van der Waals surface area contributed by atoms with Crippen molar-refractivity contribution in [2.45, 2.75) is 98.5 Å². The highest BCUT2D eigenvalue weighted by Gasteiger charge is 2.46. The summed E-state index contributed by atoms with van der Waals surface area (Å²) in [5, 5.41) is 54.4. The summed E-state index contributed by atoms with van der Waals surface area (Å²) in [5.41, 5.74) is 4.12. The van der Waals surface area contributed by atoms with Gasteiger partial charge in [-0.3, -0.25) is 9.78 Å². The molecular formula is C38H48ClN3O8S. The minimum atomic E-state index is -1.95. The number of para-hydroxylation sites is 1. The SMILES string of the molecule is O=C(C(O)C(O)C(O)C(O)CO)N(CCCSc1ccc(Cl)c(CNC2(c3cnccc3-c3ccccc3OC3CC3)CC2)c1)C1CCOCC1. The Labute approximate surface area is 308 Å². The topological polar surface area (TPSA) is 165 Å². The highest BCUT2D eigenvalue weighted by atomic mass is 35.5. The lowest BCUT2D eigenvalue weighted by atomic mass is 9.94. The van der Waals surface area contributed by atoms with Crippen molar-refractivity contribution in [2.24, 2.45) is 0 Å². The first-order chi connectivity index (χ1) is 24.7. The van der Waals surface area contributed by atoms with E-state index < -0.39 is 36.9 Å². The molecule has 0 spiro atoms. The fraction of sp³-hybridized carbons (Fsp3) is 0.526. The standard InChI is InChI=1S/C38H48ClN3O8S/c39-31-9-8-27(51-19-3-16-42(25-11-17-49-18-12-25)37(48)36(47)35(46)34(45)32(44)23-43)20-24(31)21-41-38(13-14-38)30-22-40-15-10-28(30)29-4-1-2-5-33(29)50-26-6-7-26/h1-2,4-5,8-10,15,20,22,25-26,32,34-36,41,43-47H,3,6-7,11-14,16-19,21,23H2. The van der Waals surface area contributed by atoms with Crippen LogP contribution < -0.4 is 10.1 Å². The second-order valence-corrected chi connectivity index (χ2v) is 15.3. The van der Waals surface area contributed by atoms with Crippen LogP contribution in [-0.4, -0.2) is 110 Å². The van der Waals surface area contributed by atoms with E-state index in [4.69, 9.17) is 26.2 Å². The third-order valence-corrected chi connectivity index (χ3v) is 11.4. The predicted molar refractivity (Wildman–Crippen MR) is 195 cm³/mol. The number of hydrogen-bond donors (Lipinski definition) is 6. The Morgan fingerprint density at radius 2 is 1.80 bits per heavy atom. The number of nitrogens with zero attached hydrogens (tertiary/aromatic N) is 2. The molecule has 276 valence electrons. The minimum absolute atomic E-state index is 0.194. The molecular weight excluding hydrogens is 694 g/mol. The van der Waals surface area contributed by atoms with Crippen LogP contribution in [0.1, 0.15) is 56.1 Å². The smallest absolute Gasteiger partial charge is 0.254 e. The number of carbonyl (C=O) groups is 1. The van der Waals surface area contributed by atoms with E-state index in [0.29, 0.717) is 62.4 Å². The highest BCUT2D eigenvalue weighted by Crippen LogP contribution is 2.50. The van der Waals surface area contributed by atoms with Gasteiger partial charge in [0.15, 0.2) is 6.10 Å². The maximum Gasteiger partial charge on any atom is 0.254 e. The highest BCUT2D eigenvalue weighted by molar-refractivity contribution is 7.99. The number of thioether (sulfide) groups is 1. The van der Waals surface area contributed by atoms with Crippen LogP contribution in [0.5, 0.6) is 5.75 Å². The molecule has 3 fully saturated rings. The summed E-state index contributed by atoms with van der Waals surface area (Å²) in [7, 11) is 0. The Bertz CT molecular complexity index is 1620. The van der Waals surface area contributed by atoms with Crippen LogP contribution in [0.2, 0.25) is 5.02 Å². The van der Waals surface area contributed by atoms with E-state index in [0.717, 1.165) is 58.6 Å². The molecule has 6 N–H and O–H groups in total. The van der Waals surface area contributed by atoms with E-state index in [9.17, 15) is 25.2 Å². The van der Waals surface area contributed by atoms with E-state index in [1.54, 1.807) is 16.7 Å². The van der Waals surface area contributed by atoms with Gasteiger partial charge >= 0.3 is 0 Å². The molecule has 1 aromatic heterocycles. The number of aromatic nitrogens is 1. The summed E-state index contributed by atoms with van der Waals surface area (Å²) >= 11 is 8.34. The van der Waals surface area contributed by atoms with Crippen molar-refractivity contribution >= 4 is 29.3 Å². The van der Waals surface area contributed by atoms with Crippen molar-refractivity contribution in [2.75, 3.05) is 32.1 Å². The van der Waals surface area contributed by atoms with E-state index >= 15 is 0 Å². The van der Waals surface area contributed by atoms with Gasteiger partial charge in [-0.25, -0.2) is 0 Å². The number of aliphatic hydroxyl groups excluding tert-OH is 5. The lowest BCUT2D eigenvalue weighted by molar-refractivity contribution is -0.162. The van der Waals surface area contributed by atoms with E-state index in [-0.39, 0.29) is 11.6 Å². The van der Waals surface area contributed by atoms with Gasteiger partial charge in [0, 0.05) is 65.8 Å². The van der Waals surface area contributed by atoms with Crippen LogP contribution in [-0.2, 0) is 21.6 Å². The number of benzene rings is 2. The van der Waals surface area contributed by atoms with Crippen LogP contribution in [0.25, 0.3) is 11.1 Å². The summed E-state index contributed by atoms with van der Waals surface area (Å²) in [6, 6.07) is 16.1. The third kappa shape index (κ3) is 9.42. The van der Waals surface area contributed by atoms with Crippen molar-refractivity contribution in [3.8, 4) is 16.9 Å². The number of hydrogen-bond acceptors (Lipinski definition) is 11. The maximum atomic E-state index is 13.4. The van der Waals surface area contributed by atoms with Gasteiger partial charge in [0.2, 0.25) is 0 Å². The van der Waals surface area contributed by atoms with Gasteiger partial charge in [-0.05, 0) is 97.7 Å². The number of rotatable bonds is 18. The Kier molecular flexibility index (Phi) is 12.9. The molecule has 4 atom stereocenters. The van der Waals surface area contributed by atoms with E-state index in [1.165, 1.54) is 0 Å². The van der Waals surface area contributed by atoms with E-state index in [2.05, 4.69) is 28.5 Å². The van der Waals surface area contributed by atoms with Gasteiger partial charge in [-0.1, -0.05) is 29.8 Å². The average molecular weight is 742 g/mol. The predicted octanol–water partition coefficient (Wildman–Crippen LogP) is 3.65. The fourth-order valence-electron chi connectivity index (χ4n) is 6.61. The molecule has 1 aliphatic heterocycles. The normalized spacial score (nSPS) is 19.6. The second-order valence-electron chi connectivity index (χ2n) is 13.7. The number of aliphatic hydroxyl groups is 5. The molecule has 2 aromatic carbocycles. The van der Waals surface area contributed by atoms with Gasteiger partial charge < -0.3 is 45.2 Å². The minimum Gasteiger partial charge on any atom is -0.490 e.